The number of piperidine rings is 1. The number of carbonyl (C=O) groups excluding carboxylic acids is 1. The van der Waals surface area contributed by atoms with Gasteiger partial charge in [0.15, 0.2) is 5.82 Å². The van der Waals surface area contributed by atoms with Crippen molar-refractivity contribution in [1.29, 1.82) is 0 Å². The molecule has 1 spiro atoms. The first-order valence-corrected chi connectivity index (χ1v) is 9.66. The van der Waals surface area contributed by atoms with Gasteiger partial charge in [-0.3, -0.25) is 9.89 Å². The number of rotatable bonds is 4. The Hall–Kier alpha value is -2.25. The van der Waals surface area contributed by atoms with Gasteiger partial charge in [0.2, 0.25) is 5.91 Å². The number of carbonyl (C=O) groups is 1. The lowest BCUT2D eigenvalue weighted by molar-refractivity contribution is -0.147. The number of likely N-dealkylation sites (N-methyl/N-ethyl adjacent to an activating group) is 1. The Bertz CT molecular complexity index is 768. The summed E-state index contributed by atoms with van der Waals surface area (Å²) in [6.07, 6.45) is 2.74. The van der Waals surface area contributed by atoms with Gasteiger partial charge < -0.3 is 14.5 Å². The van der Waals surface area contributed by atoms with Crippen molar-refractivity contribution in [1.82, 2.24) is 25.0 Å². The first-order chi connectivity index (χ1) is 13.1. The number of aromatic amines is 1. The lowest BCUT2D eigenvalue weighted by atomic mass is 9.89. The Balaban J connectivity index is 1.30. The van der Waals surface area contributed by atoms with Gasteiger partial charge in [0.1, 0.15) is 5.82 Å². The zero-order chi connectivity index (χ0) is 18.7. The molecule has 1 aromatic heterocycles. The molecule has 2 fully saturated rings. The van der Waals surface area contributed by atoms with Crippen molar-refractivity contribution in [3.05, 3.63) is 47.5 Å². The van der Waals surface area contributed by atoms with Gasteiger partial charge in [-0.25, -0.2) is 4.98 Å². The van der Waals surface area contributed by atoms with Crippen molar-refractivity contribution < 1.29 is 9.53 Å². The van der Waals surface area contributed by atoms with Crippen LogP contribution in [0.25, 0.3) is 0 Å². The number of morpholine rings is 1. The van der Waals surface area contributed by atoms with E-state index in [-0.39, 0.29) is 17.9 Å². The highest BCUT2D eigenvalue weighted by Crippen LogP contribution is 2.29. The van der Waals surface area contributed by atoms with Crippen LogP contribution in [-0.2, 0) is 22.4 Å². The number of nitrogens with one attached hydrogen (secondary N) is 1. The maximum Gasteiger partial charge on any atom is 0.230 e. The first kappa shape index (κ1) is 18.1. The zero-order valence-electron chi connectivity index (χ0n) is 15.9. The summed E-state index contributed by atoms with van der Waals surface area (Å²) in [4.78, 5) is 21.4. The van der Waals surface area contributed by atoms with E-state index >= 15 is 0 Å². The summed E-state index contributed by atoms with van der Waals surface area (Å²) in [5.74, 6) is 1.46. The van der Waals surface area contributed by atoms with Crippen LogP contribution in [0.1, 0.15) is 30.1 Å². The molecule has 1 N–H and O–H groups in total. The minimum atomic E-state index is -0.0722. The van der Waals surface area contributed by atoms with Crippen molar-refractivity contribution >= 4 is 5.91 Å². The maximum absolute atomic E-state index is 12.7. The summed E-state index contributed by atoms with van der Waals surface area (Å²) >= 11 is 0. The van der Waals surface area contributed by atoms with Crippen LogP contribution in [0.5, 0.6) is 0 Å². The van der Waals surface area contributed by atoms with E-state index in [0.717, 1.165) is 51.5 Å². The van der Waals surface area contributed by atoms with Gasteiger partial charge in [-0.1, -0.05) is 30.3 Å². The van der Waals surface area contributed by atoms with E-state index in [2.05, 4.69) is 39.3 Å². The second kappa shape index (κ2) is 7.78. The topological polar surface area (TPSA) is 74.3 Å². The van der Waals surface area contributed by atoms with E-state index in [1.54, 1.807) is 0 Å². The van der Waals surface area contributed by atoms with E-state index in [1.807, 2.05) is 23.1 Å². The van der Waals surface area contributed by atoms with Gasteiger partial charge >= 0.3 is 0 Å². The minimum Gasteiger partial charge on any atom is -0.372 e. The molecular formula is C20H27N5O2. The number of H-pyrrole nitrogens is 1. The summed E-state index contributed by atoms with van der Waals surface area (Å²) < 4.78 is 6.07. The number of ether oxygens (including phenoxy) is 1. The lowest BCUT2D eigenvalue weighted by Gasteiger charge is -2.46. The molecule has 0 saturated carbocycles. The molecule has 144 valence electrons. The molecule has 2 aromatic rings. The predicted octanol–water partition coefficient (Wildman–Crippen LogP) is 1.26. The number of amides is 1. The molecule has 0 unspecified atom stereocenters. The summed E-state index contributed by atoms with van der Waals surface area (Å²) in [6.45, 7) is 4.22. The second-order valence-electron chi connectivity index (χ2n) is 7.69. The van der Waals surface area contributed by atoms with Crippen molar-refractivity contribution in [2.45, 2.75) is 31.3 Å². The van der Waals surface area contributed by atoms with Gasteiger partial charge in [-0.15, -0.1) is 0 Å². The molecule has 2 saturated heterocycles. The van der Waals surface area contributed by atoms with Crippen molar-refractivity contribution in [2.24, 2.45) is 0 Å². The van der Waals surface area contributed by atoms with Crippen LogP contribution in [0.15, 0.2) is 30.3 Å². The standard InChI is InChI=1S/C20H27N5O2/c1-24-11-12-27-20(15-24)7-9-25(10-8-20)19(26)14-18-21-17(22-23-18)13-16-5-3-2-4-6-16/h2-6H,7-15H2,1H3,(H,21,22,23). The van der Waals surface area contributed by atoms with Gasteiger partial charge in [-0.2, -0.15) is 5.10 Å². The van der Waals surface area contributed by atoms with Gasteiger partial charge in [-0.05, 0) is 25.5 Å². The van der Waals surface area contributed by atoms with Crippen LogP contribution in [0.2, 0.25) is 0 Å². The Morgan fingerprint density at radius 2 is 2.00 bits per heavy atom. The van der Waals surface area contributed by atoms with Gasteiger partial charge in [0.05, 0.1) is 18.6 Å². The lowest BCUT2D eigenvalue weighted by Crippen LogP contribution is -2.56. The number of benzene rings is 1. The van der Waals surface area contributed by atoms with Crippen molar-refractivity contribution in [3.8, 4) is 0 Å². The average molecular weight is 369 g/mol. The quantitative estimate of drug-likeness (QED) is 0.878. The van der Waals surface area contributed by atoms with Crippen LogP contribution in [0.3, 0.4) is 0 Å². The number of nitrogens with zero attached hydrogens (tertiary/aromatic N) is 4. The molecule has 27 heavy (non-hydrogen) atoms. The number of hydrogen-bond donors (Lipinski definition) is 1. The summed E-state index contributed by atoms with van der Waals surface area (Å²) in [5.41, 5.74) is 1.10. The molecule has 1 amide bonds. The molecule has 2 aliphatic heterocycles. The molecule has 0 atom stereocenters. The largest absolute Gasteiger partial charge is 0.372 e. The highest BCUT2D eigenvalue weighted by atomic mass is 16.5. The Morgan fingerprint density at radius 1 is 1.22 bits per heavy atom. The van der Waals surface area contributed by atoms with E-state index in [1.165, 1.54) is 5.56 Å². The molecule has 4 rings (SSSR count). The molecule has 0 aliphatic carbocycles. The summed E-state index contributed by atoms with van der Waals surface area (Å²) in [6, 6.07) is 10.1. The molecule has 0 radical (unpaired) electrons. The fourth-order valence-corrected chi connectivity index (χ4v) is 4.03. The van der Waals surface area contributed by atoms with E-state index < -0.39 is 0 Å². The third kappa shape index (κ3) is 4.36. The molecule has 2 aliphatic rings. The number of likely N-dealkylation sites (tertiary alicyclic amines) is 1. The summed E-state index contributed by atoms with van der Waals surface area (Å²) in [7, 11) is 2.14. The van der Waals surface area contributed by atoms with Crippen LogP contribution in [-0.4, -0.2) is 76.3 Å². The maximum atomic E-state index is 12.7. The average Bonchev–Trinajstić information content (AvgIpc) is 3.10. The predicted molar refractivity (Wildman–Crippen MR) is 101 cm³/mol. The Morgan fingerprint density at radius 3 is 2.74 bits per heavy atom. The Labute approximate surface area is 159 Å². The van der Waals surface area contributed by atoms with Gasteiger partial charge in [0.25, 0.3) is 0 Å². The van der Waals surface area contributed by atoms with Crippen LogP contribution in [0, 0.1) is 0 Å². The minimum absolute atomic E-state index is 0.0722. The first-order valence-electron chi connectivity index (χ1n) is 9.66. The fourth-order valence-electron chi connectivity index (χ4n) is 4.03. The highest BCUT2D eigenvalue weighted by molar-refractivity contribution is 5.78. The van der Waals surface area contributed by atoms with E-state index in [0.29, 0.717) is 12.2 Å². The molecule has 3 heterocycles. The SMILES string of the molecule is CN1CCOC2(CCN(C(=O)Cc3n[nH]c(Cc4ccccc4)n3)CC2)C1. The molecule has 7 nitrogen and oxygen atoms in total. The highest BCUT2D eigenvalue weighted by Gasteiger charge is 2.39. The second-order valence-corrected chi connectivity index (χ2v) is 7.69. The number of aromatic nitrogens is 3. The normalized spacial score (nSPS) is 20.1. The van der Waals surface area contributed by atoms with Crippen molar-refractivity contribution in [2.75, 3.05) is 39.8 Å². The zero-order valence-corrected chi connectivity index (χ0v) is 15.9. The molecule has 1 aromatic carbocycles. The Kier molecular flexibility index (Phi) is 5.22. The van der Waals surface area contributed by atoms with Crippen LogP contribution in [0.4, 0.5) is 0 Å². The number of hydrogen-bond acceptors (Lipinski definition) is 5. The third-order valence-electron chi connectivity index (χ3n) is 5.57. The molecule has 0 bridgehead atoms. The summed E-state index contributed by atoms with van der Waals surface area (Å²) in [5, 5.41) is 7.18. The van der Waals surface area contributed by atoms with E-state index in [4.69, 9.17) is 4.74 Å². The molecular weight excluding hydrogens is 342 g/mol. The van der Waals surface area contributed by atoms with Crippen LogP contribution >= 0.6 is 0 Å². The van der Waals surface area contributed by atoms with Crippen molar-refractivity contribution in [3.63, 3.8) is 0 Å². The van der Waals surface area contributed by atoms with Gasteiger partial charge in [0, 0.05) is 32.6 Å². The monoisotopic (exact) mass is 369 g/mol. The third-order valence-corrected chi connectivity index (χ3v) is 5.57. The smallest absolute Gasteiger partial charge is 0.230 e. The fraction of sp³-hybridized carbons (Fsp3) is 0.550. The van der Waals surface area contributed by atoms with Crippen LogP contribution < -0.4 is 0 Å². The van der Waals surface area contributed by atoms with E-state index in [9.17, 15) is 4.79 Å². The molecule has 7 heteroatoms.